The highest BCUT2D eigenvalue weighted by atomic mass is 19.3. The predicted octanol–water partition coefficient (Wildman–Crippen LogP) is 3.70. The van der Waals surface area contributed by atoms with Crippen LogP contribution in [-0.2, 0) is 17.8 Å². The smallest absolute Gasteiger partial charge is 0.318 e. The number of ether oxygens (including phenoxy) is 1. The number of anilines is 2. The van der Waals surface area contributed by atoms with E-state index in [1.807, 2.05) is 0 Å². The highest BCUT2D eigenvalue weighted by molar-refractivity contribution is 5.97. The van der Waals surface area contributed by atoms with Crippen LogP contribution >= 0.6 is 0 Å². The lowest BCUT2D eigenvalue weighted by molar-refractivity contribution is -0.128. The van der Waals surface area contributed by atoms with Gasteiger partial charge in [0.1, 0.15) is 12.4 Å². The number of piperazine rings is 1. The van der Waals surface area contributed by atoms with Crippen LogP contribution in [-0.4, -0.2) is 102 Å². The summed E-state index contributed by atoms with van der Waals surface area (Å²) in [6, 6.07) is 14.1. The average molecular weight is 632 g/mol. The first-order valence-corrected chi connectivity index (χ1v) is 15.7. The van der Waals surface area contributed by atoms with E-state index < -0.39 is 12.0 Å². The number of hydrogen-bond donors (Lipinski definition) is 1. The molecule has 1 aromatic heterocycles. The largest absolute Gasteiger partial charge is 0.462 e. The third kappa shape index (κ3) is 6.48. The summed E-state index contributed by atoms with van der Waals surface area (Å²) in [5.41, 5.74) is 4.10. The Balaban J connectivity index is 1.32. The summed E-state index contributed by atoms with van der Waals surface area (Å²) < 4.78 is 34.3. The zero-order chi connectivity index (χ0) is 32.4. The van der Waals surface area contributed by atoms with E-state index in [2.05, 4.69) is 59.2 Å². The fraction of sp³-hybridized carbons (Fsp3) is 0.471. The van der Waals surface area contributed by atoms with Crippen molar-refractivity contribution in [1.29, 1.82) is 5.26 Å². The van der Waals surface area contributed by atoms with Gasteiger partial charge in [0, 0.05) is 61.4 Å². The van der Waals surface area contributed by atoms with Crippen molar-refractivity contribution in [2.75, 3.05) is 62.8 Å². The van der Waals surface area contributed by atoms with Crippen LogP contribution in [0.5, 0.6) is 6.01 Å². The maximum absolute atomic E-state index is 14.1. The Bertz CT molecular complexity index is 1670. The molecule has 2 unspecified atom stereocenters. The number of aromatic nitrogens is 2. The molecule has 2 saturated heterocycles. The summed E-state index contributed by atoms with van der Waals surface area (Å²) in [5, 5.41) is 21.1. The Morgan fingerprint density at radius 3 is 2.70 bits per heavy atom. The Morgan fingerprint density at radius 2 is 1.96 bits per heavy atom. The van der Waals surface area contributed by atoms with Crippen molar-refractivity contribution in [3.63, 3.8) is 0 Å². The number of alkyl halides is 2. The molecule has 0 spiro atoms. The summed E-state index contributed by atoms with van der Waals surface area (Å²) in [6.07, 6.45) is 3.26. The molecule has 6 rings (SSSR count). The maximum Gasteiger partial charge on any atom is 0.318 e. The molecule has 0 aliphatic carbocycles. The van der Waals surface area contributed by atoms with E-state index in [1.54, 1.807) is 16.8 Å². The summed E-state index contributed by atoms with van der Waals surface area (Å²) in [5.74, 6) is -2.32. The van der Waals surface area contributed by atoms with E-state index in [9.17, 15) is 18.8 Å². The zero-order valence-corrected chi connectivity index (χ0v) is 26.2. The van der Waals surface area contributed by atoms with Crippen LogP contribution in [0, 0.1) is 18.3 Å². The average Bonchev–Trinajstić information content (AvgIpc) is 3.32. The van der Waals surface area contributed by atoms with Gasteiger partial charge in [0.15, 0.2) is 0 Å². The van der Waals surface area contributed by atoms with Gasteiger partial charge in [0.25, 0.3) is 5.92 Å². The van der Waals surface area contributed by atoms with Crippen molar-refractivity contribution in [2.45, 2.75) is 50.7 Å². The molecule has 3 aliphatic rings. The van der Waals surface area contributed by atoms with Gasteiger partial charge in [-0.2, -0.15) is 15.2 Å². The van der Waals surface area contributed by atoms with Crippen LogP contribution in [0.3, 0.4) is 0 Å². The van der Waals surface area contributed by atoms with E-state index in [-0.39, 0.29) is 50.6 Å². The van der Waals surface area contributed by atoms with Gasteiger partial charge in [-0.25, -0.2) is 8.78 Å². The van der Waals surface area contributed by atoms with E-state index in [4.69, 9.17) is 19.8 Å². The van der Waals surface area contributed by atoms with Gasteiger partial charge in [-0.1, -0.05) is 36.4 Å². The van der Waals surface area contributed by atoms with E-state index >= 15 is 0 Å². The first kappa shape index (κ1) is 31.6. The van der Waals surface area contributed by atoms with Gasteiger partial charge >= 0.3 is 6.01 Å². The number of nitrogens with zero attached hydrogens (tertiary/aromatic N) is 7. The second kappa shape index (κ2) is 13.2. The zero-order valence-electron chi connectivity index (χ0n) is 26.2. The number of carbonyl (C=O) groups excluding carboxylic acids is 1. The minimum absolute atomic E-state index is 0.0348. The van der Waals surface area contributed by atoms with Crippen molar-refractivity contribution in [1.82, 2.24) is 19.8 Å². The molecule has 0 saturated carbocycles. The molecule has 2 fully saturated rings. The third-order valence-corrected chi connectivity index (χ3v) is 9.26. The quantitative estimate of drug-likeness (QED) is 0.373. The number of fused-ring (bicyclic) bond motifs is 2. The molecule has 1 amide bonds. The molecule has 1 N–H and O–H groups in total. The fourth-order valence-corrected chi connectivity index (χ4v) is 6.97. The van der Waals surface area contributed by atoms with Gasteiger partial charge in [-0.05, 0) is 37.4 Å². The number of likely N-dealkylation sites (N-methyl/N-ethyl adjacent to an activating group) is 1. The van der Waals surface area contributed by atoms with Gasteiger partial charge in [0.05, 0.1) is 43.9 Å². The number of rotatable bonds is 8. The normalized spacial score (nSPS) is 21.5. The van der Waals surface area contributed by atoms with Gasteiger partial charge in [-0.3, -0.25) is 9.69 Å². The van der Waals surface area contributed by atoms with Crippen molar-refractivity contribution in [3.05, 3.63) is 65.4 Å². The van der Waals surface area contributed by atoms with Crippen molar-refractivity contribution in [2.24, 2.45) is 0 Å². The van der Waals surface area contributed by atoms with Crippen molar-refractivity contribution >= 4 is 28.2 Å². The molecule has 0 bridgehead atoms. The lowest BCUT2D eigenvalue weighted by Gasteiger charge is -2.42. The fourth-order valence-electron chi connectivity index (χ4n) is 6.97. The molecule has 242 valence electrons. The van der Waals surface area contributed by atoms with Gasteiger partial charge in [-0.15, -0.1) is 0 Å². The monoisotopic (exact) mass is 631 g/mol. The van der Waals surface area contributed by atoms with E-state index in [1.165, 1.54) is 23.1 Å². The summed E-state index contributed by atoms with van der Waals surface area (Å²) in [4.78, 5) is 30.2. The van der Waals surface area contributed by atoms with Crippen LogP contribution in [0.1, 0.15) is 29.7 Å². The van der Waals surface area contributed by atoms with Crippen LogP contribution in [0.25, 0.3) is 10.8 Å². The van der Waals surface area contributed by atoms with Crippen LogP contribution in [0.2, 0.25) is 0 Å². The van der Waals surface area contributed by atoms with Gasteiger partial charge in [0.2, 0.25) is 5.91 Å². The first-order chi connectivity index (χ1) is 22.2. The number of benzene rings is 2. The molecule has 3 aliphatic heterocycles. The Hall–Kier alpha value is -4.34. The number of likely N-dealkylation sites (tertiary alicyclic amines) is 1. The van der Waals surface area contributed by atoms with Crippen molar-refractivity contribution in [3.8, 4) is 12.1 Å². The molecule has 46 heavy (non-hydrogen) atoms. The Morgan fingerprint density at radius 1 is 1.15 bits per heavy atom. The number of hydrogen-bond acceptors (Lipinski definition) is 9. The molecule has 4 heterocycles. The summed E-state index contributed by atoms with van der Waals surface area (Å²) >= 11 is 0. The molecule has 0 radical (unpaired) electrons. The topological polar surface area (TPSA) is 109 Å². The number of amides is 1. The standard InChI is InChI=1S/C34H39F2N7O3/c1-23-6-3-7-24-8-4-9-29(31(23)24)41-14-12-27-28(20-41)38-33(46-21-26-18-34(35,36)22-40(26)2)39-32(27)42-15-16-43(25(19-42)11-13-37)30(45)10-5-17-44/h3-10,25-26,44H,11-12,14-22H2,1-2H3/b10-5+. The lowest BCUT2D eigenvalue weighted by atomic mass is 9.99. The number of aryl methyl sites for hydroxylation is 1. The molecule has 10 nitrogen and oxygen atoms in total. The minimum atomic E-state index is -2.76. The summed E-state index contributed by atoms with van der Waals surface area (Å²) in [6.45, 7) is 4.09. The Kier molecular flexibility index (Phi) is 9.06. The number of halogens is 2. The highest BCUT2D eigenvalue weighted by Crippen LogP contribution is 2.36. The Labute approximate surface area is 267 Å². The lowest BCUT2D eigenvalue weighted by Crippen LogP contribution is -2.55. The molecular formula is C34H39F2N7O3. The summed E-state index contributed by atoms with van der Waals surface area (Å²) in [7, 11) is 1.67. The van der Waals surface area contributed by atoms with Crippen LogP contribution in [0.4, 0.5) is 20.3 Å². The second-order valence-electron chi connectivity index (χ2n) is 12.4. The van der Waals surface area contributed by atoms with Gasteiger partial charge < -0.3 is 24.5 Å². The number of aliphatic hydroxyl groups is 1. The molecule has 2 aromatic carbocycles. The second-order valence-corrected chi connectivity index (χ2v) is 12.4. The molecule has 2 atom stereocenters. The minimum Gasteiger partial charge on any atom is -0.462 e. The molecule has 12 heteroatoms. The van der Waals surface area contributed by atoms with Crippen molar-refractivity contribution < 1.29 is 23.4 Å². The highest BCUT2D eigenvalue weighted by Gasteiger charge is 2.43. The van der Waals surface area contributed by atoms with E-state index in [0.29, 0.717) is 38.4 Å². The number of carbonyl (C=O) groups is 1. The third-order valence-electron chi connectivity index (χ3n) is 9.26. The maximum atomic E-state index is 14.1. The molecular weight excluding hydrogens is 592 g/mol. The van der Waals surface area contributed by atoms with Crippen LogP contribution in [0.15, 0.2) is 48.6 Å². The molecule has 3 aromatic rings. The first-order valence-electron chi connectivity index (χ1n) is 15.7. The number of nitriles is 1. The number of aliphatic hydroxyl groups excluding tert-OH is 1. The van der Waals surface area contributed by atoms with E-state index in [0.717, 1.165) is 28.9 Å². The van der Waals surface area contributed by atoms with Crippen LogP contribution < -0.4 is 14.5 Å². The predicted molar refractivity (Wildman–Crippen MR) is 171 cm³/mol. The SMILES string of the molecule is Cc1cccc2cccc(N3CCc4c(nc(OCC5CC(F)(F)CN5C)nc4N4CCN(C(=O)/C=C/CO)C(CC#N)C4)C3)c12.